The van der Waals surface area contributed by atoms with E-state index >= 15 is 0 Å². The molecule has 0 aliphatic heterocycles. The van der Waals surface area contributed by atoms with Gasteiger partial charge < -0.3 is 14.4 Å². The zero-order valence-electron chi connectivity index (χ0n) is 45.6. The molecule has 0 N–H and O–H groups in total. The molecular weight excluding hydrogens is 887 g/mol. The van der Waals surface area contributed by atoms with Gasteiger partial charge >= 0.3 is 0 Å². The molecule has 0 spiro atoms. The first kappa shape index (κ1) is 29.1. The fourth-order valence-electron chi connectivity index (χ4n) is 7.18. The van der Waals surface area contributed by atoms with Crippen molar-refractivity contribution in [3.8, 4) is 44.8 Å². The number of hydrogen-bond donors (Lipinski definition) is 0. The maximum absolute atomic E-state index is 8.38. The van der Waals surface area contributed by atoms with Gasteiger partial charge in [0.15, 0.2) is 0 Å². The van der Waals surface area contributed by atoms with Crippen LogP contribution < -0.4 is 0 Å². The summed E-state index contributed by atoms with van der Waals surface area (Å²) in [5.41, 5.74) is 11.9. The van der Waals surface area contributed by atoms with Gasteiger partial charge in [-0.1, -0.05) is 108 Å². The predicted molar refractivity (Wildman–Crippen MR) is 239 cm³/mol. The Hall–Kier alpha value is -5.22. The molecule has 0 fully saturated rings. The third-order valence-electron chi connectivity index (χ3n) is 10.2. The van der Waals surface area contributed by atoms with Crippen molar-refractivity contribution < 1.29 is 41.0 Å². The van der Waals surface area contributed by atoms with Crippen LogP contribution in [0.5, 0.6) is 0 Å². The zero-order valence-corrected chi connectivity index (χ0v) is 36.0. The van der Waals surface area contributed by atoms with E-state index in [9.17, 15) is 0 Å². The summed E-state index contributed by atoms with van der Waals surface area (Å²) < 4.78 is 98.2. The molecule has 0 saturated carbocycles. The third-order valence-corrected chi connectivity index (χ3v) is 10.2. The molecule has 8 aromatic rings. The molecule has 0 amide bonds. The van der Waals surface area contributed by atoms with Crippen molar-refractivity contribution in [2.75, 3.05) is 0 Å². The number of furan rings is 1. The van der Waals surface area contributed by atoms with E-state index in [0.29, 0.717) is 56.8 Å². The van der Waals surface area contributed by atoms with E-state index < -0.39 is 27.4 Å². The first-order valence-electron chi connectivity index (χ1n) is 25.2. The first-order chi connectivity index (χ1) is 32.1. The number of benzene rings is 4. The van der Waals surface area contributed by atoms with E-state index in [1.54, 1.807) is 30.3 Å². The van der Waals surface area contributed by atoms with Crippen LogP contribution >= 0.6 is 0 Å². The number of hydrogen-bond acceptors (Lipinski definition) is 4. The molecule has 4 aromatic heterocycles. The quantitative estimate of drug-likeness (QED) is 0.149. The second-order valence-corrected chi connectivity index (χ2v) is 15.4. The molecule has 58 heavy (non-hydrogen) atoms. The number of nitrogens with zero attached hydrogens (tertiary/aromatic N) is 3. The van der Waals surface area contributed by atoms with E-state index in [0.717, 1.165) is 22.1 Å². The fourth-order valence-corrected chi connectivity index (χ4v) is 7.18. The van der Waals surface area contributed by atoms with Crippen LogP contribution in [0.4, 0.5) is 0 Å². The second kappa shape index (κ2) is 17.7. The second-order valence-electron chi connectivity index (χ2n) is 15.4. The van der Waals surface area contributed by atoms with Crippen molar-refractivity contribution in [2.24, 2.45) is 0 Å². The van der Waals surface area contributed by atoms with Crippen molar-refractivity contribution in [3.05, 3.63) is 160 Å². The van der Waals surface area contributed by atoms with Crippen LogP contribution in [-0.2, 0) is 20.1 Å². The monoisotopic (exact) mass is 952 g/mol. The third kappa shape index (κ3) is 8.77. The molecule has 0 unspecified atom stereocenters. The van der Waals surface area contributed by atoms with Crippen molar-refractivity contribution in [1.82, 2.24) is 15.0 Å². The summed E-state index contributed by atoms with van der Waals surface area (Å²) in [6.45, 7) is 6.30. The molecule has 297 valence electrons. The summed E-state index contributed by atoms with van der Waals surface area (Å²) >= 11 is 0. The van der Waals surface area contributed by atoms with Crippen molar-refractivity contribution >= 4 is 22.1 Å². The normalized spacial score (nSPS) is 15.3. The summed E-state index contributed by atoms with van der Waals surface area (Å²) in [5, 5.41) is 1.41. The van der Waals surface area contributed by atoms with E-state index in [1.165, 1.54) is 58.9 Å². The molecular formula is C53H53IrN3O-2. The molecule has 0 aliphatic rings. The standard InChI is InChI=1S/C40H41N2O.C13H12N.Ir/c1-22(2)29-18-34(23(3)4)38(35(19-29)24(5)6)28-14-16-30(25(7)17-28)36-20-37(41-21-26(36)8)33-12-10-11-31-32-15-13-27(9)42-40(32)43-39(31)33;1-10-3-6-12(7-4-10)13-8-5-11(2)9-14-13;/h10-11,13-24H,1-9H3;3-6,8-9H,1-2H3;/q2*-1;/i8D3,9D3;1D3,2D3;. The van der Waals surface area contributed by atoms with Crippen LogP contribution in [0.3, 0.4) is 0 Å². The maximum atomic E-state index is 8.38. The average Bonchev–Trinajstić information content (AvgIpc) is 3.66. The molecule has 0 saturated heterocycles. The van der Waals surface area contributed by atoms with Gasteiger partial charge in [-0.3, -0.25) is 0 Å². The Morgan fingerprint density at radius 3 is 2.02 bits per heavy atom. The molecule has 4 heterocycles. The van der Waals surface area contributed by atoms with Gasteiger partial charge in [-0.15, -0.1) is 53.6 Å². The first-order valence-corrected chi connectivity index (χ1v) is 19.2. The summed E-state index contributed by atoms with van der Waals surface area (Å²) in [5.74, 6) is 1.06. The smallest absolute Gasteiger partial charge is 0.216 e. The summed E-state index contributed by atoms with van der Waals surface area (Å²) in [6.07, 6.45) is 2.72. The van der Waals surface area contributed by atoms with Gasteiger partial charge in [0.2, 0.25) is 5.71 Å². The van der Waals surface area contributed by atoms with Crippen molar-refractivity contribution in [3.63, 3.8) is 0 Å². The zero-order chi connectivity index (χ0) is 50.5. The number of rotatable bonds is 7. The number of aryl methyl sites for hydroxylation is 5. The van der Waals surface area contributed by atoms with Crippen LogP contribution in [0.2, 0.25) is 0 Å². The molecule has 0 bridgehead atoms. The van der Waals surface area contributed by atoms with Gasteiger partial charge in [-0.05, 0) is 124 Å². The number of pyridine rings is 3. The summed E-state index contributed by atoms with van der Waals surface area (Å²) in [4.78, 5) is 13.0. The van der Waals surface area contributed by atoms with Crippen LogP contribution in [0.15, 0.2) is 108 Å². The maximum Gasteiger partial charge on any atom is 0.216 e. The number of fused-ring (bicyclic) bond motifs is 3. The van der Waals surface area contributed by atoms with Gasteiger partial charge in [0.1, 0.15) is 0 Å². The largest absolute Gasteiger partial charge is 0.486 e. The molecule has 8 rings (SSSR count). The van der Waals surface area contributed by atoms with Crippen LogP contribution in [0.25, 0.3) is 66.8 Å². The van der Waals surface area contributed by atoms with Crippen LogP contribution in [0, 0.1) is 46.5 Å². The van der Waals surface area contributed by atoms with Gasteiger partial charge in [0.25, 0.3) is 0 Å². The van der Waals surface area contributed by atoms with Crippen LogP contribution in [-0.4, -0.2) is 15.0 Å². The topological polar surface area (TPSA) is 51.8 Å². The van der Waals surface area contributed by atoms with Crippen LogP contribution in [0.1, 0.15) is 120 Å². The minimum atomic E-state index is -2.40. The molecule has 5 heteroatoms. The Morgan fingerprint density at radius 1 is 0.638 bits per heavy atom. The Balaban J connectivity index is 0.000000321. The minimum absolute atomic E-state index is 0. The predicted octanol–water partition coefficient (Wildman–Crippen LogP) is 14.6. The Morgan fingerprint density at radius 2 is 1.40 bits per heavy atom. The Bertz CT molecular complexity index is 3060. The van der Waals surface area contributed by atoms with Gasteiger partial charge in [-0.25, -0.2) is 4.98 Å². The molecule has 4 nitrogen and oxygen atoms in total. The Labute approximate surface area is 375 Å². The van der Waals surface area contributed by atoms with Crippen molar-refractivity contribution in [2.45, 2.75) is 93.6 Å². The minimum Gasteiger partial charge on any atom is -0.486 e. The number of aromatic nitrogens is 3. The van der Waals surface area contributed by atoms with E-state index in [-0.39, 0.29) is 48.2 Å². The van der Waals surface area contributed by atoms with Crippen molar-refractivity contribution in [1.29, 1.82) is 0 Å². The van der Waals surface area contributed by atoms with Gasteiger partial charge in [0, 0.05) is 60.0 Å². The van der Waals surface area contributed by atoms with E-state index in [2.05, 4.69) is 92.9 Å². The van der Waals surface area contributed by atoms with Gasteiger partial charge in [-0.2, -0.15) is 0 Å². The molecule has 4 aromatic carbocycles. The summed E-state index contributed by atoms with van der Waals surface area (Å²) in [7, 11) is 0. The molecule has 0 aliphatic carbocycles. The van der Waals surface area contributed by atoms with E-state index in [1.807, 2.05) is 19.1 Å². The fraction of sp³-hybridized carbons (Fsp3) is 0.264. The molecule has 0 atom stereocenters. The molecule has 1 radical (unpaired) electrons. The SMILES string of the molecule is [2H]C([2H])([2H])c1c[c-]c(-c2ccc(C([2H])([2H])[2H])cn2)cc1.[2H]C([2H])([2H])c1ccc2c(n1)oc1c(-c3cc(-c4ccc(-c5c(C(C)C)cc(C(C)C)cc5C(C)C)cc4C)c(C([2H])([2H])[2H])cn3)[c-]ccc12.[Ir]. The summed E-state index contributed by atoms with van der Waals surface area (Å²) in [6, 6.07) is 33.2. The van der Waals surface area contributed by atoms with E-state index in [4.69, 9.17) is 20.9 Å². The Kier molecular flexibility index (Phi) is 8.88. The van der Waals surface area contributed by atoms with Gasteiger partial charge in [0.05, 0.1) is 5.58 Å². The average molecular weight is 952 g/mol.